The topological polar surface area (TPSA) is 101 Å². The van der Waals surface area contributed by atoms with Crippen LogP contribution in [0.25, 0.3) is 0 Å². The van der Waals surface area contributed by atoms with Crippen molar-refractivity contribution in [3.8, 4) is 0 Å². The first-order valence-electron chi connectivity index (χ1n) is 4.52. The Labute approximate surface area is 111 Å². The molecule has 6 nitrogen and oxygen atoms in total. The molecule has 10 heteroatoms. The van der Waals surface area contributed by atoms with Crippen LogP contribution in [0.15, 0.2) is 16.6 Å². The van der Waals surface area contributed by atoms with E-state index in [0.29, 0.717) is 6.07 Å². The van der Waals surface area contributed by atoms with Gasteiger partial charge in [-0.3, -0.25) is 10.1 Å². The Balaban J connectivity index is 3.73. The highest BCUT2D eigenvalue weighted by atomic mass is 79.9. The smallest absolute Gasteiger partial charge is 0.417 e. The number of hydrogen-bond acceptors (Lipinski definition) is 4. The Morgan fingerprint density at radius 3 is 2.32 bits per heavy atom. The van der Waals surface area contributed by atoms with Crippen LogP contribution in [0.1, 0.15) is 17.2 Å². The maximum Gasteiger partial charge on any atom is 0.417 e. The van der Waals surface area contributed by atoms with Gasteiger partial charge in [0.15, 0.2) is 6.10 Å². The molecular formula is C9H5BrF3NO5. The molecule has 0 saturated carbocycles. The number of carboxylic acids is 1. The number of carboxylic acid groups (broad SMARTS) is 1. The second-order valence-corrected chi connectivity index (χ2v) is 4.21. The maximum absolute atomic E-state index is 12.7. The summed E-state index contributed by atoms with van der Waals surface area (Å²) in [6, 6.07) is 1.22. The quantitative estimate of drug-likeness (QED) is 0.648. The number of aliphatic hydroxyl groups excluding tert-OH is 1. The molecule has 0 heterocycles. The first kappa shape index (κ1) is 15.4. The van der Waals surface area contributed by atoms with E-state index in [-0.39, 0.29) is 4.47 Å². The van der Waals surface area contributed by atoms with Crippen molar-refractivity contribution < 1.29 is 33.1 Å². The van der Waals surface area contributed by atoms with Gasteiger partial charge >= 0.3 is 12.1 Å². The summed E-state index contributed by atoms with van der Waals surface area (Å²) >= 11 is 2.65. The minimum absolute atomic E-state index is 0.360. The summed E-state index contributed by atoms with van der Waals surface area (Å²) in [4.78, 5) is 20.2. The Hall–Kier alpha value is -1.68. The van der Waals surface area contributed by atoms with Crippen molar-refractivity contribution in [1.29, 1.82) is 0 Å². The van der Waals surface area contributed by atoms with Gasteiger partial charge in [-0.2, -0.15) is 13.2 Å². The highest BCUT2D eigenvalue weighted by Crippen LogP contribution is 2.42. The van der Waals surface area contributed by atoms with Crippen molar-refractivity contribution in [2.45, 2.75) is 12.3 Å². The van der Waals surface area contributed by atoms with Crippen LogP contribution in [-0.4, -0.2) is 21.1 Å². The van der Waals surface area contributed by atoms with Gasteiger partial charge < -0.3 is 10.2 Å². The Kier molecular flexibility index (Phi) is 4.15. The molecule has 104 valence electrons. The van der Waals surface area contributed by atoms with E-state index in [1.165, 1.54) is 0 Å². The molecule has 0 aliphatic carbocycles. The first-order valence-corrected chi connectivity index (χ1v) is 5.31. The van der Waals surface area contributed by atoms with Gasteiger partial charge in [-0.15, -0.1) is 0 Å². The second kappa shape index (κ2) is 5.13. The molecule has 0 radical (unpaired) electrons. The van der Waals surface area contributed by atoms with E-state index in [1.807, 2.05) is 0 Å². The number of aliphatic hydroxyl groups is 1. The van der Waals surface area contributed by atoms with Crippen LogP contribution in [0, 0.1) is 10.1 Å². The van der Waals surface area contributed by atoms with Gasteiger partial charge in [0.2, 0.25) is 0 Å². The average Bonchev–Trinajstić information content (AvgIpc) is 2.24. The van der Waals surface area contributed by atoms with Crippen LogP contribution < -0.4 is 0 Å². The summed E-state index contributed by atoms with van der Waals surface area (Å²) in [5.41, 5.74) is -4.01. The van der Waals surface area contributed by atoms with Crippen molar-refractivity contribution in [2.24, 2.45) is 0 Å². The molecule has 1 rings (SSSR count). The maximum atomic E-state index is 12.7. The normalized spacial score (nSPS) is 13.1. The van der Waals surface area contributed by atoms with Crippen LogP contribution in [0.5, 0.6) is 0 Å². The molecular weight excluding hydrogens is 339 g/mol. The van der Waals surface area contributed by atoms with E-state index in [4.69, 9.17) is 5.11 Å². The zero-order valence-electron chi connectivity index (χ0n) is 8.81. The standard InChI is InChI=1S/C9H5BrF3NO5/c10-4-2-1-3(9(11,12)13)5(6(4)14(18)19)7(15)8(16)17/h1-2,7,15H,(H,16,17). The van der Waals surface area contributed by atoms with Crippen molar-refractivity contribution >= 4 is 27.6 Å². The highest BCUT2D eigenvalue weighted by Gasteiger charge is 2.42. The molecule has 0 aromatic heterocycles. The van der Waals surface area contributed by atoms with Gasteiger partial charge in [0.05, 0.1) is 20.5 Å². The number of rotatable bonds is 3. The zero-order valence-corrected chi connectivity index (χ0v) is 10.4. The zero-order chi connectivity index (χ0) is 15.0. The number of halogens is 4. The van der Waals surface area contributed by atoms with E-state index in [2.05, 4.69) is 15.9 Å². The lowest BCUT2D eigenvalue weighted by Gasteiger charge is -2.15. The lowest BCUT2D eigenvalue weighted by Crippen LogP contribution is -2.19. The van der Waals surface area contributed by atoms with E-state index < -0.39 is 40.0 Å². The van der Waals surface area contributed by atoms with Crippen molar-refractivity contribution in [3.63, 3.8) is 0 Å². The molecule has 0 spiro atoms. The second-order valence-electron chi connectivity index (χ2n) is 3.35. The molecule has 0 aliphatic heterocycles. The number of nitro benzene ring substituents is 1. The molecule has 0 bridgehead atoms. The summed E-state index contributed by atoms with van der Waals surface area (Å²) in [7, 11) is 0. The molecule has 0 saturated heterocycles. The number of carbonyl (C=O) groups is 1. The van der Waals surface area contributed by atoms with E-state index in [1.54, 1.807) is 0 Å². The fraction of sp³-hybridized carbons (Fsp3) is 0.222. The number of nitrogens with zero attached hydrogens (tertiary/aromatic N) is 1. The predicted octanol–water partition coefficient (Wildman–Crippen LogP) is 2.49. The van der Waals surface area contributed by atoms with Crippen molar-refractivity contribution in [2.75, 3.05) is 0 Å². The average molecular weight is 344 g/mol. The van der Waals surface area contributed by atoms with Crippen LogP contribution in [-0.2, 0) is 11.0 Å². The van der Waals surface area contributed by atoms with Crippen LogP contribution in [0.2, 0.25) is 0 Å². The van der Waals surface area contributed by atoms with E-state index in [9.17, 15) is 33.2 Å². The number of benzene rings is 1. The largest absolute Gasteiger partial charge is 0.479 e. The molecule has 1 aromatic carbocycles. The Bertz CT molecular complexity index is 545. The van der Waals surface area contributed by atoms with Crippen molar-refractivity contribution in [3.05, 3.63) is 37.8 Å². The molecule has 19 heavy (non-hydrogen) atoms. The Morgan fingerprint density at radius 2 is 1.95 bits per heavy atom. The predicted molar refractivity (Wildman–Crippen MR) is 58.4 cm³/mol. The molecule has 0 fully saturated rings. The molecule has 0 amide bonds. The lowest BCUT2D eigenvalue weighted by atomic mass is 9.99. The SMILES string of the molecule is O=C(O)C(O)c1c(C(F)(F)F)ccc(Br)c1[N+](=O)[O-]. The first-order chi connectivity index (χ1) is 8.57. The van der Waals surface area contributed by atoms with Gasteiger partial charge in [-0.25, -0.2) is 4.79 Å². The third kappa shape index (κ3) is 3.01. The van der Waals surface area contributed by atoms with Gasteiger partial charge in [-0.1, -0.05) is 0 Å². The molecule has 0 aliphatic rings. The summed E-state index contributed by atoms with van der Waals surface area (Å²) in [5.74, 6) is -2.02. The molecule has 2 N–H and O–H groups in total. The van der Waals surface area contributed by atoms with Crippen LogP contribution >= 0.6 is 15.9 Å². The fourth-order valence-corrected chi connectivity index (χ4v) is 1.90. The summed E-state index contributed by atoms with van der Waals surface area (Å²) in [6.45, 7) is 0. The molecule has 1 unspecified atom stereocenters. The van der Waals surface area contributed by atoms with Crippen LogP contribution in [0.4, 0.5) is 18.9 Å². The van der Waals surface area contributed by atoms with Gasteiger partial charge in [0, 0.05) is 0 Å². The highest BCUT2D eigenvalue weighted by molar-refractivity contribution is 9.10. The summed E-state index contributed by atoms with van der Waals surface area (Å²) in [6.07, 6.45) is -7.69. The number of alkyl halides is 3. The van der Waals surface area contributed by atoms with Crippen molar-refractivity contribution in [1.82, 2.24) is 0 Å². The van der Waals surface area contributed by atoms with Gasteiger partial charge in [0.25, 0.3) is 5.69 Å². The monoisotopic (exact) mass is 343 g/mol. The Morgan fingerprint density at radius 1 is 1.42 bits per heavy atom. The van der Waals surface area contributed by atoms with Crippen LogP contribution in [0.3, 0.4) is 0 Å². The van der Waals surface area contributed by atoms with Gasteiger partial charge in [-0.05, 0) is 28.1 Å². The minimum Gasteiger partial charge on any atom is -0.479 e. The number of hydrogen-bond donors (Lipinski definition) is 2. The third-order valence-corrected chi connectivity index (χ3v) is 2.80. The minimum atomic E-state index is -5.03. The molecule has 1 aromatic rings. The summed E-state index contributed by atoms with van der Waals surface area (Å²) in [5, 5.41) is 28.6. The lowest BCUT2D eigenvalue weighted by molar-refractivity contribution is -0.387. The molecule has 1 atom stereocenters. The number of nitro groups is 1. The third-order valence-electron chi connectivity index (χ3n) is 2.16. The fourth-order valence-electron chi connectivity index (χ4n) is 1.41. The number of aliphatic carboxylic acids is 1. The van der Waals surface area contributed by atoms with Gasteiger partial charge in [0.1, 0.15) is 0 Å². The van der Waals surface area contributed by atoms with E-state index >= 15 is 0 Å². The summed E-state index contributed by atoms with van der Waals surface area (Å²) < 4.78 is 37.8. The van der Waals surface area contributed by atoms with E-state index in [0.717, 1.165) is 6.07 Å².